The quantitative estimate of drug-likeness (QED) is 0.0831. The first-order valence-electron chi connectivity index (χ1n) is 12.8. The van der Waals surface area contributed by atoms with Gasteiger partial charge in [-0.25, -0.2) is 9.59 Å². The molecule has 0 radical (unpaired) electrons. The van der Waals surface area contributed by atoms with Crippen LogP contribution < -0.4 is 5.32 Å². The minimum absolute atomic E-state index is 0.133. The predicted octanol–water partition coefficient (Wildman–Crippen LogP) is 4.18. The number of fused-ring (bicyclic) bond motifs is 1. The number of azo groups is 2. The summed E-state index contributed by atoms with van der Waals surface area (Å²) >= 11 is 0. The number of anilines is 1. The Morgan fingerprint density at radius 3 is 1.50 bits per heavy atom. The Hall–Kier alpha value is -5.92. The molecule has 0 aliphatic rings. The van der Waals surface area contributed by atoms with Crippen LogP contribution >= 0.6 is 0 Å². The van der Waals surface area contributed by atoms with Gasteiger partial charge in [0.05, 0.1) is 22.2 Å². The standard InChI is InChI=1S/C26H19N5O16S3/c1-10(32)27-14-2-3-16(17(9-14)48(39,40)41)29-31-22-19(50(45,46)47)8-11-7-18(49(42,43)44)21(23(33)20(11)24(22)34)30-28-15-5-12(25(35)36)4-13(6-15)26(37)38/h2-9,33-34H,1H3,(H,27,32)(H,35,36)(H,37,38)(H,39,40,41)(H,42,43,44)(H,45,46,47)/b30-28+,31-29+. The van der Waals surface area contributed by atoms with E-state index >= 15 is 0 Å². The Balaban J connectivity index is 2.03. The van der Waals surface area contributed by atoms with Gasteiger partial charge in [-0.15, -0.1) is 15.3 Å². The second-order valence-electron chi connectivity index (χ2n) is 9.81. The molecule has 4 aromatic rings. The number of phenols is 2. The Kier molecular flexibility index (Phi) is 9.73. The van der Waals surface area contributed by atoms with Crippen LogP contribution in [0.1, 0.15) is 27.6 Å². The summed E-state index contributed by atoms with van der Waals surface area (Å²) in [6, 6.07) is 6.06. The van der Waals surface area contributed by atoms with Crippen LogP contribution in [0.2, 0.25) is 0 Å². The number of carboxylic acids is 2. The molecule has 0 aliphatic heterocycles. The lowest BCUT2D eigenvalue weighted by molar-refractivity contribution is -0.114. The number of carbonyl (C=O) groups is 3. The number of hydrogen-bond donors (Lipinski definition) is 8. The van der Waals surface area contributed by atoms with Crippen molar-refractivity contribution in [2.45, 2.75) is 21.6 Å². The highest BCUT2D eigenvalue weighted by molar-refractivity contribution is 7.86. The maximum atomic E-state index is 12.3. The van der Waals surface area contributed by atoms with Crippen molar-refractivity contribution in [3.63, 3.8) is 0 Å². The molecule has 50 heavy (non-hydrogen) atoms. The van der Waals surface area contributed by atoms with Gasteiger partial charge in [0.2, 0.25) is 5.91 Å². The van der Waals surface area contributed by atoms with Crippen LogP contribution in [0.15, 0.2) is 83.7 Å². The van der Waals surface area contributed by atoms with Gasteiger partial charge in [-0.3, -0.25) is 18.5 Å². The third-order valence-electron chi connectivity index (χ3n) is 6.30. The summed E-state index contributed by atoms with van der Waals surface area (Å²) in [6.07, 6.45) is 0. The number of amides is 1. The molecule has 0 bridgehead atoms. The summed E-state index contributed by atoms with van der Waals surface area (Å²) < 4.78 is 103. The zero-order valence-electron chi connectivity index (χ0n) is 24.4. The van der Waals surface area contributed by atoms with E-state index in [1.165, 1.54) is 0 Å². The van der Waals surface area contributed by atoms with Gasteiger partial charge in [0, 0.05) is 12.6 Å². The lowest BCUT2D eigenvalue weighted by Gasteiger charge is -2.13. The molecular weight excluding hydrogens is 735 g/mol. The van der Waals surface area contributed by atoms with E-state index in [0.717, 1.165) is 43.3 Å². The molecule has 0 saturated heterocycles. The molecule has 4 rings (SSSR count). The van der Waals surface area contributed by atoms with E-state index in [-0.39, 0.29) is 5.69 Å². The molecule has 0 fully saturated rings. The first-order valence-corrected chi connectivity index (χ1v) is 17.2. The Morgan fingerprint density at radius 2 is 1.08 bits per heavy atom. The van der Waals surface area contributed by atoms with Gasteiger partial charge in [-0.2, -0.15) is 30.4 Å². The van der Waals surface area contributed by atoms with Crippen molar-refractivity contribution >= 4 is 87.4 Å². The number of phenolic OH excluding ortho intramolecular Hbond substituents is 2. The second kappa shape index (κ2) is 13.2. The number of carbonyl (C=O) groups excluding carboxylic acids is 1. The maximum Gasteiger partial charge on any atom is 0.335 e. The number of carboxylic acid groups (broad SMARTS) is 2. The lowest BCUT2D eigenvalue weighted by Crippen LogP contribution is -2.07. The SMILES string of the molecule is CC(=O)Nc1ccc(/N=N/c2c(S(=O)(=O)O)cc3cc(S(=O)(=O)O)c(/N=N/c4cc(C(=O)O)cc(C(=O)O)c4)c(O)c3c2O)c(S(=O)(=O)O)c1. The molecule has 0 spiro atoms. The van der Waals surface area contributed by atoms with Crippen molar-refractivity contribution in [2.75, 3.05) is 5.32 Å². The number of rotatable bonds is 10. The van der Waals surface area contributed by atoms with Gasteiger partial charge in [-0.05, 0) is 53.9 Å². The van der Waals surface area contributed by atoms with Crippen molar-refractivity contribution in [2.24, 2.45) is 20.5 Å². The Bertz CT molecular complexity index is 2520. The first kappa shape index (κ1) is 36.9. The normalized spacial score (nSPS) is 12.5. The fourth-order valence-corrected chi connectivity index (χ4v) is 6.22. The maximum absolute atomic E-state index is 12.3. The average molecular weight is 754 g/mol. The summed E-state index contributed by atoms with van der Waals surface area (Å²) in [7, 11) is -15.9. The zero-order chi connectivity index (χ0) is 37.5. The van der Waals surface area contributed by atoms with Crippen molar-refractivity contribution in [1.29, 1.82) is 0 Å². The third kappa shape index (κ3) is 7.86. The van der Waals surface area contributed by atoms with E-state index in [0.29, 0.717) is 12.1 Å². The number of benzene rings is 4. The van der Waals surface area contributed by atoms with Crippen LogP contribution in [0.25, 0.3) is 10.8 Å². The van der Waals surface area contributed by atoms with Crippen LogP contribution in [-0.2, 0) is 35.1 Å². The number of nitrogens with zero attached hydrogens (tertiary/aromatic N) is 4. The van der Waals surface area contributed by atoms with Crippen molar-refractivity contribution in [3.05, 3.63) is 59.7 Å². The summed E-state index contributed by atoms with van der Waals surface area (Å²) in [4.78, 5) is 30.7. The van der Waals surface area contributed by atoms with Crippen molar-refractivity contribution in [3.8, 4) is 11.5 Å². The highest BCUT2D eigenvalue weighted by Crippen LogP contribution is 2.50. The lowest BCUT2D eigenvalue weighted by atomic mass is 10.1. The Labute approximate surface area is 279 Å². The average Bonchev–Trinajstić information content (AvgIpc) is 2.98. The minimum atomic E-state index is -5.41. The summed E-state index contributed by atoms with van der Waals surface area (Å²) in [5.41, 5.74) is -4.88. The smallest absolute Gasteiger partial charge is 0.335 e. The van der Waals surface area contributed by atoms with Gasteiger partial charge in [0.1, 0.15) is 31.7 Å². The van der Waals surface area contributed by atoms with Crippen molar-refractivity contribution in [1.82, 2.24) is 0 Å². The molecule has 0 aliphatic carbocycles. The van der Waals surface area contributed by atoms with Gasteiger partial charge in [0.25, 0.3) is 30.4 Å². The molecule has 21 nitrogen and oxygen atoms in total. The van der Waals surface area contributed by atoms with Crippen LogP contribution in [-0.4, -0.2) is 77.2 Å². The molecule has 262 valence electrons. The van der Waals surface area contributed by atoms with Gasteiger partial charge in [0.15, 0.2) is 11.5 Å². The first-order chi connectivity index (χ1) is 23.0. The molecule has 8 N–H and O–H groups in total. The van der Waals surface area contributed by atoms with Gasteiger partial charge in [-0.1, -0.05) is 0 Å². The van der Waals surface area contributed by atoms with E-state index < -0.39 is 119 Å². The molecule has 0 heterocycles. The van der Waals surface area contributed by atoms with Crippen molar-refractivity contribution < 1.29 is 73.7 Å². The van der Waals surface area contributed by atoms with E-state index in [9.17, 15) is 73.7 Å². The molecule has 1 amide bonds. The molecule has 0 aromatic heterocycles. The largest absolute Gasteiger partial charge is 0.505 e. The van der Waals surface area contributed by atoms with E-state index in [1.807, 2.05) is 0 Å². The van der Waals surface area contributed by atoms with Gasteiger partial charge >= 0.3 is 11.9 Å². The van der Waals surface area contributed by atoms with Gasteiger partial charge < -0.3 is 25.7 Å². The number of aromatic hydroxyl groups is 2. The van der Waals surface area contributed by atoms with Crippen LogP contribution in [0, 0.1) is 0 Å². The number of hydrogen-bond acceptors (Lipinski definition) is 15. The third-order valence-corrected chi connectivity index (χ3v) is 8.92. The van der Waals surface area contributed by atoms with E-state index in [2.05, 4.69) is 25.8 Å². The molecule has 0 unspecified atom stereocenters. The molecule has 0 atom stereocenters. The second-order valence-corrected chi connectivity index (χ2v) is 14.0. The van der Waals surface area contributed by atoms with E-state index in [4.69, 9.17) is 0 Å². The number of nitrogens with one attached hydrogen (secondary N) is 1. The summed E-state index contributed by atoms with van der Waals surface area (Å²) in [5, 5.41) is 55.5. The monoisotopic (exact) mass is 753 g/mol. The fourth-order valence-electron chi connectivity index (χ4n) is 4.26. The van der Waals surface area contributed by atoms with Crippen LogP contribution in [0.5, 0.6) is 11.5 Å². The molecular formula is C26H19N5O16S3. The molecule has 24 heteroatoms. The highest BCUT2D eigenvalue weighted by atomic mass is 32.2. The summed E-state index contributed by atoms with van der Waals surface area (Å²) in [6.45, 7) is 1.09. The fraction of sp³-hybridized carbons (Fsp3) is 0.0385. The molecule has 0 saturated carbocycles. The zero-order valence-corrected chi connectivity index (χ0v) is 26.9. The van der Waals surface area contributed by atoms with E-state index in [1.54, 1.807) is 0 Å². The summed E-state index contributed by atoms with van der Waals surface area (Å²) in [5.74, 6) is -6.52. The predicted molar refractivity (Wildman–Crippen MR) is 166 cm³/mol. The van der Waals surface area contributed by atoms with Crippen LogP contribution in [0.4, 0.5) is 28.4 Å². The highest BCUT2D eigenvalue weighted by Gasteiger charge is 2.29. The Morgan fingerprint density at radius 1 is 0.620 bits per heavy atom. The topological polar surface area (TPSA) is 357 Å². The molecule has 4 aromatic carbocycles. The van der Waals surface area contributed by atoms with Crippen LogP contribution in [0.3, 0.4) is 0 Å². The number of aromatic carboxylic acids is 2. The minimum Gasteiger partial charge on any atom is -0.505 e.